The van der Waals surface area contributed by atoms with Crippen molar-refractivity contribution < 1.29 is 14.3 Å². The van der Waals surface area contributed by atoms with Gasteiger partial charge < -0.3 is 20.3 Å². The first-order valence-corrected chi connectivity index (χ1v) is 8.72. The second-order valence-corrected chi connectivity index (χ2v) is 6.48. The second kappa shape index (κ2) is 8.10. The van der Waals surface area contributed by atoms with E-state index in [4.69, 9.17) is 22.1 Å². The van der Waals surface area contributed by atoms with Crippen molar-refractivity contribution in [1.29, 1.82) is 0 Å². The van der Waals surface area contributed by atoms with Crippen LogP contribution in [0.25, 0.3) is 0 Å². The Hall–Kier alpha value is -2.73. The molecule has 1 heterocycles. The summed E-state index contributed by atoms with van der Waals surface area (Å²) in [5.74, 6) is -0.726. The van der Waals surface area contributed by atoms with Crippen LogP contribution in [0.4, 0.5) is 11.4 Å². The van der Waals surface area contributed by atoms with Crippen molar-refractivity contribution >= 4 is 34.9 Å². The minimum absolute atomic E-state index is 0.195. The Labute approximate surface area is 157 Å². The maximum absolute atomic E-state index is 12.3. The number of nitrogens with two attached hydrogens (primary N) is 1. The number of anilines is 2. The fourth-order valence-corrected chi connectivity index (χ4v) is 2.99. The largest absolute Gasteiger partial charge is 0.452 e. The molecule has 0 aromatic heterocycles. The van der Waals surface area contributed by atoms with Gasteiger partial charge in [-0.25, -0.2) is 4.79 Å². The molecular formula is C19H20ClN3O3. The van der Waals surface area contributed by atoms with Gasteiger partial charge in [0.15, 0.2) is 6.61 Å². The summed E-state index contributed by atoms with van der Waals surface area (Å²) in [6.07, 6.45) is 0. The predicted octanol–water partition coefficient (Wildman–Crippen LogP) is 2.43. The van der Waals surface area contributed by atoms with Crippen LogP contribution in [0.1, 0.15) is 10.4 Å². The van der Waals surface area contributed by atoms with Gasteiger partial charge in [0, 0.05) is 42.6 Å². The van der Waals surface area contributed by atoms with Crippen LogP contribution in [-0.4, -0.2) is 49.6 Å². The molecule has 7 heteroatoms. The molecule has 1 saturated heterocycles. The van der Waals surface area contributed by atoms with Crippen molar-refractivity contribution in [1.82, 2.24) is 4.90 Å². The van der Waals surface area contributed by atoms with E-state index in [9.17, 15) is 9.59 Å². The van der Waals surface area contributed by atoms with Gasteiger partial charge in [0.25, 0.3) is 5.91 Å². The minimum atomic E-state index is -0.532. The van der Waals surface area contributed by atoms with Gasteiger partial charge in [-0.15, -0.1) is 0 Å². The minimum Gasteiger partial charge on any atom is -0.452 e. The van der Waals surface area contributed by atoms with Gasteiger partial charge in [0.1, 0.15) is 0 Å². The Bertz CT molecular complexity index is 787. The molecule has 136 valence electrons. The normalized spacial score (nSPS) is 14.2. The molecule has 0 spiro atoms. The Morgan fingerprint density at radius 1 is 1.04 bits per heavy atom. The van der Waals surface area contributed by atoms with Crippen molar-refractivity contribution in [2.75, 3.05) is 43.4 Å². The van der Waals surface area contributed by atoms with Crippen LogP contribution in [0.15, 0.2) is 48.5 Å². The van der Waals surface area contributed by atoms with Gasteiger partial charge in [-0.2, -0.15) is 0 Å². The lowest BCUT2D eigenvalue weighted by Gasteiger charge is -2.36. The van der Waals surface area contributed by atoms with Crippen molar-refractivity contribution in [3.8, 4) is 0 Å². The molecule has 6 nitrogen and oxygen atoms in total. The highest BCUT2D eigenvalue weighted by atomic mass is 35.5. The maximum Gasteiger partial charge on any atom is 0.338 e. The summed E-state index contributed by atoms with van der Waals surface area (Å²) in [7, 11) is 0. The number of benzene rings is 2. The van der Waals surface area contributed by atoms with E-state index in [-0.39, 0.29) is 12.5 Å². The van der Waals surface area contributed by atoms with E-state index < -0.39 is 5.97 Å². The zero-order valence-corrected chi connectivity index (χ0v) is 15.0. The highest BCUT2D eigenvalue weighted by Gasteiger charge is 2.22. The summed E-state index contributed by atoms with van der Waals surface area (Å²) >= 11 is 6.03. The number of ether oxygens (including phenoxy) is 1. The molecule has 0 radical (unpaired) electrons. The van der Waals surface area contributed by atoms with Gasteiger partial charge in [-0.05, 0) is 42.5 Å². The first kappa shape index (κ1) is 18.1. The molecular weight excluding hydrogens is 354 g/mol. The standard InChI is InChI=1S/C19H20ClN3O3/c20-15-2-1-3-17(12-15)22-8-10-23(11-9-22)18(24)13-26-19(25)14-4-6-16(21)7-5-14/h1-7,12H,8-11,13,21H2. The van der Waals surface area contributed by atoms with Crippen molar-refractivity contribution in [2.45, 2.75) is 0 Å². The Morgan fingerprint density at radius 2 is 1.73 bits per heavy atom. The fourth-order valence-electron chi connectivity index (χ4n) is 2.81. The van der Waals surface area contributed by atoms with Crippen LogP contribution < -0.4 is 10.6 Å². The van der Waals surface area contributed by atoms with Gasteiger partial charge in [0.2, 0.25) is 0 Å². The van der Waals surface area contributed by atoms with E-state index in [2.05, 4.69) is 4.90 Å². The van der Waals surface area contributed by atoms with Gasteiger partial charge in [0.05, 0.1) is 5.56 Å². The molecule has 1 aliphatic heterocycles. The molecule has 0 saturated carbocycles. The highest BCUT2D eigenvalue weighted by Crippen LogP contribution is 2.20. The molecule has 0 bridgehead atoms. The van der Waals surface area contributed by atoms with E-state index in [1.54, 1.807) is 29.2 Å². The zero-order chi connectivity index (χ0) is 18.5. The van der Waals surface area contributed by atoms with Gasteiger partial charge in [-0.1, -0.05) is 17.7 Å². The molecule has 26 heavy (non-hydrogen) atoms. The summed E-state index contributed by atoms with van der Waals surface area (Å²) in [6.45, 7) is 2.30. The van der Waals surface area contributed by atoms with Crippen LogP contribution in [0.5, 0.6) is 0 Å². The first-order valence-electron chi connectivity index (χ1n) is 8.34. The number of carbonyl (C=O) groups is 2. The van der Waals surface area contributed by atoms with E-state index >= 15 is 0 Å². The third kappa shape index (κ3) is 4.46. The summed E-state index contributed by atoms with van der Waals surface area (Å²) in [4.78, 5) is 28.1. The van der Waals surface area contributed by atoms with Crippen LogP contribution in [0, 0.1) is 0 Å². The second-order valence-electron chi connectivity index (χ2n) is 6.05. The third-order valence-corrected chi connectivity index (χ3v) is 4.51. The lowest BCUT2D eigenvalue weighted by atomic mass is 10.2. The fraction of sp³-hybridized carbons (Fsp3) is 0.263. The van der Waals surface area contributed by atoms with Crippen LogP contribution in [0.3, 0.4) is 0 Å². The Morgan fingerprint density at radius 3 is 2.38 bits per heavy atom. The topological polar surface area (TPSA) is 75.9 Å². The molecule has 2 aromatic rings. The number of amides is 1. The van der Waals surface area contributed by atoms with Crippen LogP contribution in [-0.2, 0) is 9.53 Å². The number of esters is 1. The summed E-state index contributed by atoms with van der Waals surface area (Å²) < 4.78 is 5.11. The van der Waals surface area contributed by atoms with Crippen LogP contribution >= 0.6 is 11.6 Å². The molecule has 1 aliphatic rings. The number of halogens is 1. The van der Waals surface area contributed by atoms with Crippen molar-refractivity contribution in [2.24, 2.45) is 0 Å². The quantitative estimate of drug-likeness (QED) is 0.658. The van der Waals surface area contributed by atoms with E-state index in [0.29, 0.717) is 42.5 Å². The summed E-state index contributed by atoms with van der Waals surface area (Å²) in [6, 6.07) is 14.0. The molecule has 0 aliphatic carbocycles. The molecule has 1 fully saturated rings. The van der Waals surface area contributed by atoms with Crippen molar-refractivity contribution in [3.63, 3.8) is 0 Å². The lowest BCUT2D eigenvalue weighted by molar-refractivity contribution is -0.134. The van der Waals surface area contributed by atoms with Crippen molar-refractivity contribution in [3.05, 3.63) is 59.1 Å². The summed E-state index contributed by atoms with van der Waals surface area (Å²) in [5, 5.41) is 0.690. The maximum atomic E-state index is 12.3. The third-order valence-electron chi connectivity index (χ3n) is 4.28. The number of nitrogen functional groups attached to an aromatic ring is 1. The van der Waals surface area contributed by atoms with E-state index in [0.717, 1.165) is 5.69 Å². The molecule has 1 amide bonds. The lowest BCUT2D eigenvalue weighted by Crippen LogP contribution is -2.49. The number of hydrogen-bond donors (Lipinski definition) is 1. The van der Waals surface area contributed by atoms with Gasteiger partial charge >= 0.3 is 5.97 Å². The van der Waals surface area contributed by atoms with Crippen LogP contribution in [0.2, 0.25) is 5.02 Å². The average molecular weight is 374 g/mol. The smallest absolute Gasteiger partial charge is 0.338 e. The van der Waals surface area contributed by atoms with Gasteiger partial charge in [-0.3, -0.25) is 4.79 Å². The Balaban J connectivity index is 1.47. The molecule has 2 aromatic carbocycles. The Kier molecular flexibility index (Phi) is 5.63. The predicted molar refractivity (Wildman–Crippen MR) is 101 cm³/mol. The van der Waals surface area contributed by atoms with E-state index in [1.807, 2.05) is 24.3 Å². The number of hydrogen-bond acceptors (Lipinski definition) is 5. The molecule has 2 N–H and O–H groups in total. The monoisotopic (exact) mass is 373 g/mol. The summed E-state index contributed by atoms with van der Waals surface area (Å²) in [5.41, 5.74) is 7.56. The molecule has 0 atom stereocenters. The number of piperazine rings is 1. The number of rotatable bonds is 4. The highest BCUT2D eigenvalue weighted by molar-refractivity contribution is 6.30. The average Bonchev–Trinajstić information content (AvgIpc) is 2.66. The SMILES string of the molecule is Nc1ccc(C(=O)OCC(=O)N2CCN(c3cccc(Cl)c3)CC2)cc1. The number of nitrogens with zero attached hydrogens (tertiary/aromatic N) is 2. The molecule has 0 unspecified atom stereocenters. The van der Waals surface area contributed by atoms with E-state index in [1.165, 1.54) is 0 Å². The molecule has 3 rings (SSSR count). The number of carbonyl (C=O) groups excluding carboxylic acids is 2. The zero-order valence-electron chi connectivity index (χ0n) is 14.2. The first-order chi connectivity index (χ1) is 12.5.